The standard InChI is InChI=1S/C9H15N5O2/c1-14(6-7-4-12-13-5-7)9(16)8(15)11-3-2-10/h4-5H,2-3,6,10H2,1H3,(H,11,15)(H,12,13). The summed E-state index contributed by atoms with van der Waals surface area (Å²) in [5.41, 5.74) is 6.05. The van der Waals surface area contributed by atoms with Crippen LogP contribution in [0.4, 0.5) is 0 Å². The summed E-state index contributed by atoms with van der Waals surface area (Å²) < 4.78 is 0. The second-order valence-electron chi connectivity index (χ2n) is 3.31. The van der Waals surface area contributed by atoms with Gasteiger partial charge in [-0.15, -0.1) is 0 Å². The fourth-order valence-corrected chi connectivity index (χ4v) is 1.14. The molecule has 0 spiro atoms. The van der Waals surface area contributed by atoms with E-state index in [4.69, 9.17) is 5.73 Å². The van der Waals surface area contributed by atoms with Crippen LogP contribution >= 0.6 is 0 Å². The lowest BCUT2D eigenvalue weighted by Crippen LogP contribution is -2.42. The van der Waals surface area contributed by atoms with Crippen molar-refractivity contribution in [1.29, 1.82) is 0 Å². The van der Waals surface area contributed by atoms with E-state index in [2.05, 4.69) is 15.5 Å². The maximum Gasteiger partial charge on any atom is 0.311 e. The molecule has 0 atom stereocenters. The molecule has 0 aromatic carbocycles. The van der Waals surface area contributed by atoms with Crippen LogP contribution in [-0.4, -0.2) is 47.0 Å². The number of likely N-dealkylation sites (N-methyl/N-ethyl adjacent to an activating group) is 1. The van der Waals surface area contributed by atoms with Gasteiger partial charge in [-0.3, -0.25) is 14.7 Å². The largest absolute Gasteiger partial charge is 0.347 e. The molecule has 4 N–H and O–H groups in total. The van der Waals surface area contributed by atoms with Crippen LogP contribution in [0.1, 0.15) is 5.56 Å². The zero-order valence-corrected chi connectivity index (χ0v) is 9.06. The monoisotopic (exact) mass is 225 g/mol. The summed E-state index contributed by atoms with van der Waals surface area (Å²) in [6, 6.07) is 0. The molecule has 0 saturated heterocycles. The van der Waals surface area contributed by atoms with Crippen molar-refractivity contribution in [1.82, 2.24) is 20.4 Å². The third kappa shape index (κ3) is 3.35. The number of aromatic amines is 1. The number of nitrogens with zero attached hydrogens (tertiary/aromatic N) is 2. The van der Waals surface area contributed by atoms with Gasteiger partial charge in [0, 0.05) is 38.4 Å². The Labute approximate surface area is 93.0 Å². The second kappa shape index (κ2) is 5.86. The van der Waals surface area contributed by atoms with E-state index < -0.39 is 11.8 Å². The minimum Gasteiger partial charge on any atom is -0.347 e. The van der Waals surface area contributed by atoms with Crippen molar-refractivity contribution < 1.29 is 9.59 Å². The summed E-state index contributed by atoms with van der Waals surface area (Å²) in [6.07, 6.45) is 3.27. The molecule has 0 bridgehead atoms. The lowest BCUT2D eigenvalue weighted by atomic mass is 10.3. The van der Waals surface area contributed by atoms with E-state index in [-0.39, 0.29) is 0 Å². The van der Waals surface area contributed by atoms with Crippen molar-refractivity contribution in [3.05, 3.63) is 18.0 Å². The molecule has 1 aromatic heterocycles. The number of nitrogens with one attached hydrogen (secondary N) is 2. The zero-order valence-electron chi connectivity index (χ0n) is 9.06. The highest BCUT2D eigenvalue weighted by molar-refractivity contribution is 6.34. The van der Waals surface area contributed by atoms with E-state index in [1.807, 2.05) is 0 Å². The number of rotatable bonds is 4. The highest BCUT2D eigenvalue weighted by Crippen LogP contribution is 1.99. The van der Waals surface area contributed by atoms with E-state index in [1.54, 1.807) is 19.4 Å². The number of hydrogen-bond donors (Lipinski definition) is 3. The molecule has 0 unspecified atom stereocenters. The number of H-pyrrole nitrogens is 1. The highest BCUT2D eigenvalue weighted by Gasteiger charge is 2.18. The maximum atomic E-state index is 11.5. The van der Waals surface area contributed by atoms with Gasteiger partial charge < -0.3 is 16.0 Å². The van der Waals surface area contributed by atoms with Crippen molar-refractivity contribution in [3.63, 3.8) is 0 Å². The molecule has 1 aromatic rings. The second-order valence-corrected chi connectivity index (χ2v) is 3.31. The lowest BCUT2D eigenvalue weighted by molar-refractivity contribution is -0.145. The van der Waals surface area contributed by atoms with Crippen molar-refractivity contribution in [3.8, 4) is 0 Å². The third-order valence-corrected chi connectivity index (χ3v) is 1.95. The average Bonchev–Trinajstić information content (AvgIpc) is 2.77. The molecule has 7 nitrogen and oxygen atoms in total. The molecule has 1 heterocycles. The van der Waals surface area contributed by atoms with E-state index in [1.165, 1.54) is 4.90 Å². The summed E-state index contributed by atoms with van der Waals surface area (Å²) in [4.78, 5) is 24.1. The summed E-state index contributed by atoms with van der Waals surface area (Å²) in [5.74, 6) is -1.23. The van der Waals surface area contributed by atoms with Gasteiger partial charge in [0.2, 0.25) is 0 Å². The minimum absolute atomic E-state index is 0.296. The van der Waals surface area contributed by atoms with Crippen LogP contribution in [0.2, 0.25) is 0 Å². The molecule has 0 radical (unpaired) electrons. The van der Waals surface area contributed by atoms with E-state index in [0.717, 1.165) is 5.56 Å². The van der Waals surface area contributed by atoms with Crippen LogP contribution in [0.3, 0.4) is 0 Å². The fourth-order valence-electron chi connectivity index (χ4n) is 1.14. The van der Waals surface area contributed by atoms with Gasteiger partial charge in [-0.05, 0) is 0 Å². The quantitative estimate of drug-likeness (QED) is 0.539. The Morgan fingerprint density at radius 3 is 2.94 bits per heavy atom. The summed E-state index contributed by atoms with van der Waals surface area (Å²) in [7, 11) is 1.55. The first-order valence-electron chi connectivity index (χ1n) is 4.86. The first-order valence-corrected chi connectivity index (χ1v) is 4.86. The van der Waals surface area contributed by atoms with Gasteiger partial charge >= 0.3 is 11.8 Å². The average molecular weight is 225 g/mol. The van der Waals surface area contributed by atoms with Gasteiger partial charge in [-0.25, -0.2) is 0 Å². The van der Waals surface area contributed by atoms with Gasteiger partial charge in [-0.2, -0.15) is 5.10 Å². The number of carbonyl (C=O) groups is 2. The molecule has 0 aliphatic rings. The smallest absolute Gasteiger partial charge is 0.311 e. The normalized spacial score (nSPS) is 9.88. The zero-order chi connectivity index (χ0) is 12.0. The predicted molar refractivity (Wildman–Crippen MR) is 57.1 cm³/mol. The van der Waals surface area contributed by atoms with E-state index in [9.17, 15) is 9.59 Å². The molecule has 0 saturated carbocycles. The Bertz CT molecular complexity index is 349. The number of hydrogen-bond acceptors (Lipinski definition) is 4. The molecule has 0 aliphatic heterocycles. The van der Waals surface area contributed by atoms with Crippen LogP contribution in [-0.2, 0) is 16.1 Å². The number of nitrogens with two attached hydrogens (primary N) is 1. The van der Waals surface area contributed by atoms with Gasteiger partial charge in [0.1, 0.15) is 0 Å². The number of aromatic nitrogens is 2. The van der Waals surface area contributed by atoms with Gasteiger partial charge in [0.05, 0.1) is 6.20 Å². The van der Waals surface area contributed by atoms with Gasteiger partial charge in [0.25, 0.3) is 0 Å². The van der Waals surface area contributed by atoms with E-state index in [0.29, 0.717) is 19.6 Å². The van der Waals surface area contributed by atoms with Crippen LogP contribution < -0.4 is 11.1 Å². The fraction of sp³-hybridized carbons (Fsp3) is 0.444. The van der Waals surface area contributed by atoms with E-state index >= 15 is 0 Å². The summed E-state index contributed by atoms with van der Waals surface area (Å²) in [5, 5.41) is 8.80. The van der Waals surface area contributed by atoms with Crippen LogP contribution in [0, 0.1) is 0 Å². The summed E-state index contributed by atoms with van der Waals surface area (Å²) >= 11 is 0. The van der Waals surface area contributed by atoms with Crippen molar-refractivity contribution >= 4 is 11.8 Å². The molecule has 7 heteroatoms. The Morgan fingerprint density at radius 1 is 1.62 bits per heavy atom. The SMILES string of the molecule is CN(Cc1cn[nH]c1)C(=O)C(=O)NCCN. The first-order chi connectivity index (χ1) is 7.65. The Morgan fingerprint density at radius 2 is 2.38 bits per heavy atom. The lowest BCUT2D eigenvalue weighted by Gasteiger charge is -2.15. The van der Waals surface area contributed by atoms with Crippen molar-refractivity contribution in [2.45, 2.75) is 6.54 Å². The molecular formula is C9H15N5O2. The molecule has 16 heavy (non-hydrogen) atoms. The Kier molecular flexibility index (Phi) is 4.46. The Hall–Kier alpha value is -1.89. The van der Waals surface area contributed by atoms with Gasteiger partial charge in [0.15, 0.2) is 0 Å². The summed E-state index contributed by atoms with van der Waals surface area (Å²) in [6.45, 7) is 0.944. The number of amides is 2. The van der Waals surface area contributed by atoms with Crippen LogP contribution in [0.5, 0.6) is 0 Å². The van der Waals surface area contributed by atoms with Gasteiger partial charge in [-0.1, -0.05) is 0 Å². The Balaban J connectivity index is 2.44. The molecule has 88 valence electrons. The minimum atomic E-state index is -0.642. The topological polar surface area (TPSA) is 104 Å². The van der Waals surface area contributed by atoms with Crippen LogP contribution in [0.15, 0.2) is 12.4 Å². The highest BCUT2D eigenvalue weighted by atomic mass is 16.2. The molecular weight excluding hydrogens is 210 g/mol. The third-order valence-electron chi connectivity index (χ3n) is 1.95. The predicted octanol–water partition coefficient (Wildman–Crippen LogP) is -1.56. The molecule has 0 aliphatic carbocycles. The first kappa shape index (κ1) is 12.2. The molecule has 0 fully saturated rings. The number of carbonyl (C=O) groups excluding carboxylic acids is 2. The van der Waals surface area contributed by atoms with Crippen LogP contribution in [0.25, 0.3) is 0 Å². The van der Waals surface area contributed by atoms with Crippen molar-refractivity contribution in [2.75, 3.05) is 20.1 Å². The maximum absolute atomic E-state index is 11.5. The molecule has 1 rings (SSSR count). The molecule has 2 amide bonds. The van der Waals surface area contributed by atoms with Crippen molar-refractivity contribution in [2.24, 2.45) is 5.73 Å².